The highest BCUT2D eigenvalue weighted by molar-refractivity contribution is 7.13. The molecule has 4 heterocycles. The lowest BCUT2D eigenvalue weighted by Gasteiger charge is -2.12. The lowest BCUT2D eigenvalue weighted by atomic mass is 10.1. The van der Waals surface area contributed by atoms with Gasteiger partial charge in [-0.25, -0.2) is 9.97 Å². The van der Waals surface area contributed by atoms with Gasteiger partial charge < -0.3 is 14.6 Å². The van der Waals surface area contributed by atoms with Gasteiger partial charge >= 0.3 is 0 Å². The lowest BCUT2D eigenvalue weighted by Crippen LogP contribution is -2.19. The van der Waals surface area contributed by atoms with Crippen molar-refractivity contribution in [1.29, 1.82) is 0 Å². The number of ether oxygens (including phenoxy) is 1. The zero-order valence-corrected chi connectivity index (χ0v) is 15.1. The summed E-state index contributed by atoms with van der Waals surface area (Å²) >= 11 is 1.67. The summed E-state index contributed by atoms with van der Waals surface area (Å²) in [5, 5.41) is 9.36. The average molecular weight is 356 g/mol. The molecule has 0 bridgehead atoms. The molecule has 0 aromatic carbocycles. The largest absolute Gasteiger partial charge is 0.376 e. The zero-order valence-electron chi connectivity index (χ0n) is 14.3. The van der Waals surface area contributed by atoms with Crippen molar-refractivity contribution in [2.75, 3.05) is 18.5 Å². The molecule has 0 spiro atoms. The summed E-state index contributed by atoms with van der Waals surface area (Å²) in [4.78, 5) is 10.3. The van der Waals surface area contributed by atoms with E-state index in [-0.39, 0.29) is 6.10 Å². The maximum absolute atomic E-state index is 5.65. The molecule has 1 aliphatic heterocycles. The van der Waals surface area contributed by atoms with Gasteiger partial charge in [0.2, 0.25) is 5.95 Å². The molecule has 130 valence electrons. The van der Waals surface area contributed by atoms with Crippen LogP contribution in [0.2, 0.25) is 0 Å². The Morgan fingerprint density at radius 3 is 2.96 bits per heavy atom. The Hall–Kier alpha value is -2.25. The first kappa shape index (κ1) is 16.2. The number of hydrogen-bond donors (Lipinski definition) is 1. The van der Waals surface area contributed by atoms with E-state index in [1.165, 1.54) is 5.56 Å². The van der Waals surface area contributed by atoms with Crippen LogP contribution in [0, 0.1) is 13.8 Å². The Morgan fingerprint density at radius 2 is 2.28 bits per heavy atom. The molecule has 4 rings (SSSR count). The van der Waals surface area contributed by atoms with Crippen LogP contribution in [0.1, 0.15) is 24.1 Å². The van der Waals surface area contributed by atoms with Crippen LogP contribution in [0.3, 0.4) is 0 Å². The van der Waals surface area contributed by atoms with Gasteiger partial charge in [-0.1, -0.05) is 5.16 Å². The molecule has 1 atom stereocenters. The molecule has 3 aromatic rings. The number of nitrogens with one attached hydrogen (secondary N) is 1. The lowest BCUT2D eigenvalue weighted by molar-refractivity contribution is 0.120. The van der Waals surface area contributed by atoms with Crippen molar-refractivity contribution < 1.29 is 9.26 Å². The molecule has 6 nitrogen and oxygen atoms in total. The van der Waals surface area contributed by atoms with Crippen molar-refractivity contribution in [3.05, 3.63) is 35.0 Å². The molecular formula is C18H20N4O2S. The second-order valence-electron chi connectivity index (χ2n) is 6.24. The first-order valence-corrected chi connectivity index (χ1v) is 9.29. The molecule has 0 radical (unpaired) electrons. The van der Waals surface area contributed by atoms with Crippen LogP contribution in [0.15, 0.2) is 28.2 Å². The molecule has 1 fully saturated rings. The normalized spacial score (nSPS) is 17.1. The molecule has 1 N–H and O–H groups in total. The van der Waals surface area contributed by atoms with Crippen LogP contribution < -0.4 is 5.32 Å². The first-order valence-electron chi connectivity index (χ1n) is 8.41. The molecule has 1 saturated heterocycles. The van der Waals surface area contributed by atoms with E-state index in [9.17, 15) is 0 Å². The fourth-order valence-electron chi connectivity index (χ4n) is 2.94. The van der Waals surface area contributed by atoms with Crippen molar-refractivity contribution in [1.82, 2.24) is 15.1 Å². The van der Waals surface area contributed by atoms with Gasteiger partial charge in [0.1, 0.15) is 0 Å². The van der Waals surface area contributed by atoms with Crippen LogP contribution in [0.4, 0.5) is 5.95 Å². The molecule has 3 aromatic heterocycles. The van der Waals surface area contributed by atoms with Gasteiger partial charge in [0, 0.05) is 25.4 Å². The minimum atomic E-state index is 0.243. The fourth-order valence-corrected chi connectivity index (χ4v) is 3.87. The number of hydrogen-bond acceptors (Lipinski definition) is 7. The molecule has 0 saturated carbocycles. The smallest absolute Gasteiger partial charge is 0.223 e. The highest BCUT2D eigenvalue weighted by Gasteiger charge is 2.19. The topological polar surface area (TPSA) is 73.1 Å². The second kappa shape index (κ2) is 6.93. The van der Waals surface area contributed by atoms with Crippen molar-refractivity contribution in [3.63, 3.8) is 0 Å². The van der Waals surface area contributed by atoms with E-state index in [4.69, 9.17) is 14.2 Å². The van der Waals surface area contributed by atoms with E-state index < -0.39 is 0 Å². The van der Waals surface area contributed by atoms with E-state index in [1.807, 2.05) is 13.0 Å². The van der Waals surface area contributed by atoms with Crippen molar-refractivity contribution >= 4 is 17.3 Å². The van der Waals surface area contributed by atoms with E-state index in [0.29, 0.717) is 11.7 Å². The number of aromatic nitrogens is 3. The van der Waals surface area contributed by atoms with E-state index in [2.05, 4.69) is 33.8 Å². The Kier molecular flexibility index (Phi) is 4.50. The van der Waals surface area contributed by atoms with Crippen LogP contribution in [-0.4, -0.2) is 34.4 Å². The average Bonchev–Trinajstić information content (AvgIpc) is 3.35. The number of nitrogens with zero attached hydrogens (tertiary/aromatic N) is 3. The Morgan fingerprint density at radius 1 is 1.36 bits per heavy atom. The van der Waals surface area contributed by atoms with Gasteiger partial charge in [-0.05, 0) is 43.7 Å². The predicted octanol–water partition coefficient (Wildman–Crippen LogP) is 4.07. The van der Waals surface area contributed by atoms with Crippen molar-refractivity contribution in [2.45, 2.75) is 32.8 Å². The minimum Gasteiger partial charge on any atom is -0.376 e. The van der Waals surface area contributed by atoms with Crippen molar-refractivity contribution in [3.8, 4) is 21.9 Å². The van der Waals surface area contributed by atoms with E-state index >= 15 is 0 Å². The summed E-state index contributed by atoms with van der Waals surface area (Å²) in [6, 6.07) is 4.00. The quantitative estimate of drug-likeness (QED) is 0.743. The monoisotopic (exact) mass is 356 g/mol. The first-order chi connectivity index (χ1) is 12.2. The third-order valence-corrected chi connectivity index (χ3v) is 5.29. The highest BCUT2D eigenvalue weighted by atomic mass is 32.1. The van der Waals surface area contributed by atoms with Crippen molar-refractivity contribution in [2.24, 2.45) is 0 Å². The highest BCUT2D eigenvalue weighted by Crippen LogP contribution is 2.36. The minimum absolute atomic E-state index is 0.243. The maximum Gasteiger partial charge on any atom is 0.223 e. The molecule has 1 aliphatic rings. The molecular weight excluding hydrogens is 336 g/mol. The Balaban J connectivity index is 1.68. The third-order valence-electron chi connectivity index (χ3n) is 4.27. The summed E-state index contributed by atoms with van der Waals surface area (Å²) < 4.78 is 11.1. The second-order valence-corrected chi connectivity index (χ2v) is 7.15. The van der Waals surface area contributed by atoms with Gasteiger partial charge in [0.15, 0.2) is 5.76 Å². The number of aryl methyl sites for hydroxylation is 2. The fraction of sp³-hybridized carbons (Fsp3) is 0.389. The number of anilines is 1. The van der Waals surface area contributed by atoms with Crippen LogP contribution in [0.25, 0.3) is 21.9 Å². The summed E-state index contributed by atoms with van der Waals surface area (Å²) in [6.07, 6.45) is 4.25. The molecule has 25 heavy (non-hydrogen) atoms. The van der Waals surface area contributed by atoms with Crippen LogP contribution in [-0.2, 0) is 4.74 Å². The summed E-state index contributed by atoms with van der Waals surface area (Å²) in [7, 11) is 0. The van der Waals surface area contributed by atoms with Gasteiger partial charge in [-0.2, -0.15) is 0 Å². The van der Waals surface area contributed by atoms with Crippen LogP contribution in [0.5, 0.6) is 0 Å². The summed E-state index contributed by atoms with van der Waals surface area (Å²) in [5.74, 6) is 1.30. The van der Waals surface area contributed by atoms with Gasteiger partial charge in [-0.3, -0.25) is 0 Å². The standard InChI is InChI=1S/C18H20N4O2S/c1-11-5-7-25-17(11)16-14(15-8-12(2)22-24-15)10-20-18(21-16)19-9-13-4-3-6-23-13/h5,7-8,10,13H,3-4,6,9H2,1-2H3,(H,19,20,21)/t13-/m0/s1. The number of rotatable bonds is 5. The molecule has 0 unspecified atom stereocenters. The molecule has 0 aliphatic carbocycles. The number of thiophene rings is 1. The molecule has 0 amide bonds. The molecule has 7 heteroatoms. The zero-order chi connectivity index (χ0) is 17.2. The van der Waals surface area contributed by atoms with Gasteiger partial charge in [0.05, 0.1) is 27.9 Å². The third kappa shape index (κ3) is 3.43. The van der Waals surface area contributed by atoms with Crippen LogP contribution >= 0.6 is 11.3 Å². The predicted molar refractivity (Wildman–Crippen MR) is 97.8 cm³/mol. The summed E-state index contributed by atoms with van der Waals surface area (Å²) in [6.45, 7) is 5.56. The Labute approximate surface area is 150 Å². The van der Waals surface area contributed by atoms with Gasteiger partial charge in [-0.15, -0.1) is 11.3 Å². The summed E-state index contributed by atoms with van der Waals surface area (Å²) in [5.41, 5.74) is 3.75. The van der Waals surface area contributed by atoms with E-state index in [1.54, 1.807) is 17.5 Å². The Bertz CT molecular complexity index is 868. The SMILES string of the molecule is Cc1cc(-c2cnc(NC[C@@H]3CCCO3)nc2-c2sccc2C)on1. The van der Waals surface area contributed by atoms with Gasteiger partial charge in [0.25, 0.3) is 0 Å². The van der Waals surface area contributed by atoms with E-state index in [0.717, 1.165) is 47.8 Å². The maximum atomic E-state index is 5.65.